The zero-order valence-corrected chi connectivity index (χ0v) is 18.7. The number of carbonyl (C=O) groups is 2. The molecule has 1 unspecified atom stereocenters. The summed E-state index contributed by atoms with van der Waals surface area (Å²) >= 11 is 0. The molecule has 1 saturated heterocycles. The van der Waals surface area contributed by atoms with Crippen LogP contribution < -0.4 is 14.4 Å². The minimum atomic E-state index is -0.811. The second-order valence-electron chi connectivity index (χ2n) is 7.94. The molecule has 0 aromatic heterocycles. The lowest BCUT2D eigenvalue weighted by atomic mass is 9.95. The maximum Gasteiger partial charge on any atom is 0.300 e. The van der Waals surface area contributed by atoms with Crippen molar-refractivity contribution in [3.05, 3.63) is 95.6 Å². The van der Waals surface area contributed by atoms with E-state index in [-0.39, 0.29) is 17.4 Å². The average molecular weight is 443 g/mol. The number of Topliss-reactive ketones (excluding diaryl/α,β-unsaturated/α-hetero) is 1. The Morgan fingerprint density at radius 1 is 0.909 bits per heavy atom. The Labute approximate surface area is 192 Å². The highest BCUT2D eigenvalue weighted by atomic mass is 16.5. The number of ether oxygens (including phenoxy) is 2. The number of ketones is 1. The number of carbonyl (C=O) groups excluding carboxylic acids is 2. The molecular weight excluding hydrogens is 418 g/mol. The quantitative estimate of drug-likeness (QED) is 0.326. The van der Waals surface area contributed by atoms with Gasteiger partial charge in [0, 0.05) is 5.56 Å². The smallest absolute Gasteiger partial charge is 0.300 e. The molecule has 0 radical (unpaired) electrons. The van der Waals surface area contributed by atoms with Crippen molar-refractivity contribution in [3.8, 4) is 11.5 Å². The van der Waals surface area contributed by atoms with Gasteiger partial charge in [-0.2, -0.15) is 0 Å². The van der Waals surface area contributed by atoms with Crippen molar-refractivity contribution >= 4 is 23.1 Å². The molecule has 3 aromatic rings. The maximum absolute atomic E-state index is 13.2. The molecule has 6 heteroatoms. The van der Waals surface area contributed by atoms with Crippen LogP contribution in [0, 0.1) is 0 Å². The highest BCUT2D eigenvalue weighted by Gasteiger charge is 2.47. The SMILES string of the molecule is COc1ccccc1N1C(=O)C(=O)/C(=C(/O)c2ccc(OC(C)C)cc2)C1c1ccccc1. The summed E-state index contributed by atoms with van der Waals surface area (Å²) in [5, 5.41) is 11.2. The molecule has 1 aliphatic rings. The first-order valence-electron chi connectivity index (χ1n) is 10.7. The molecule has 168 valence electrons. The van der Waals surface area contributed by atoms with Crippen molar-refractivity contribution in [1.29, 1.82) is 0 Å². The van der Waals surface area contributed by atoms with Gasteiger partial charge in [0.05, 0.1) is 30.5 Å². The number of benzene rings is 3. The third-order valence-corrected chi connectivity index (χ3v) is 5.40. The summed E-state index contributed by atoms with van der Waals surface area (Å²) in [6.07, 6.45) is 0.00806. The number of aliphatic hydroxyl groups is 1. The number of hydrogen-bond acceptors (Lipinski definition) is 5. The van der Waals surface area contributed by atoms with Gasteiger partial charge in [-0.25, -0.2) is 0 Å². The molecule has 1 fully saturated rings. The molecule has 6 nitrogen and oxygen atoms in total. The molecule has 4 rings (SSSR count). The van der Waals surface area contributed by atoms with Gasteiger partial charge in [-0.05, 0) is 55.8 Å². The highest BCUT2D eigenvalue weighted by Crippen LogP contribution is 2.44. The Balaban J connectivity index is 1.87. The fraction of sp³-hybridized carbons (Fsp3) is 0.185. The van der Waals surface area contributed by atoms with Gasteiger partial charge >= 0.3 is 0 Å². The number of hydrogen-bond donors (Lipinski definition) is 1. The van der Waals surface area contributed by atoms with Crippen molar-refractivity contribution in [1.82, 2.24) is 0 Å². The fourth-order valence-electron chi connectivity index (χ4n) is 3.98. The molecule has 1 atom stereocenters. The number of methoxy groups -OCH3 is 1. The van der Waals surface area contributed by atoms with Crippen molar-refractivity contribution in [2.45, 2.75) is 26.0 Å². The molecule has 1 aliphatic heterocycles. The van der Waals surface area contributed by atoms with E-state index in [4.69, 9.17) is 9.47 Å². The molecule has 0 spiro atoms. The number of nitrogens with zero attached hydrogens (tertiary/aromatic N) is 1. The van der Waals surface area contributed by atoms with Crippen LogP contribution in [-0.2, 0) is 9.59 Å². The third kappa shape index (κ3) is 4.20. The lowest BCUT2D eigenvalue weighted by Crippen LogP contribution is -2.29. The van der Waals surface area contributed by atoms with E-state index in [1.165, 1.54) is 12.0 Å². The zero-order valence-electron chi connectivity index (χ0n) is 18.7. The summed E-state index contributed by atoms with van der Waals surface area (Å²) in [7, 11) is 1.51. The molecule has 0 saturated carbocycles. The largest absolute Gasteiger partial charge is 0.507 e. The van der Waals surface area contributed by atoms with E-state index < -0.39 is 17.7 Å². The molecule has 33 heavy (non-hydrogen) atoms. The van der Waals surface area contributed by atoms with Crippen molar-refractivity contribution < 1.29 is 24.2 Å². The van der Waals surface area contributed by atoms with Gasteiger partial charge < -0.3 is 14.6 Å². The molecule has 0 bridgehead atoms. The van der Waals surface area contributed by atoms with Crippen LogP contribution in [0.4, 0.5) is 5.69 Å². The number of para-hydroxylation sites is 2. The monoisotopic (exact) mass is 443 g/mol. The Morgan fingerprint density at radius 3 is 2.18 bits per heavy atom. The van der Waals surface area contributed by atoms with Gasteiger partial charge in [0.1, 0.15) is 17.3 Å². The van der Waals surface area contributed by atoms with Crippen LogP contribution in [0.2, 0.25) is 0 Å². The van der Waals surface area contributed by atoms with Crippen LogP contribution in [0.3, 0.4) is 0 Å². The molecular formula is C27H25NO5. The topological polar surface area (TPSA) is 76.1 Å². The summed E-state index contributed by atoms with van der Waals surface area (Å²) in [5.74, 6) is -0.619. The normalized spacial score (nSPS) is 17.5. The van der Waals surface area contributed by atoms with Gasteiger partial charge in [-0.1, -0.05) is 42.5 Å². The van der Waals surface area contributed by atoms with Crippen LogP contribution >= 0.6 is 0 Å². The molecule has 0 aliphatic carbocycles. The van der Waals surface area contributed by atoms with E-state index in [0.717, 1.165) is 0 Å². The van der Waals surface area contributed by atoms with Gasteiger partial charge in [0.2, 0.25) is 0 Å². The number of anilines is 1. The molecule has 3 aromatic carbocycles. The van der Waals surface area contributed by atoms with E-state index in [1.54, 1.807) is 48.5 Å². The Morgan fingerprint density at radius 2 is 1.55 bits per heavy atom. The minimum Gasteiger partial charge on any atom is -0.507 e. The van der Waals surface area contributed by atoms with Crippen LogP contribution in [0.25, 0.3) is 5.76 Å². The lowest BCUT2D eigenvalue weighted by molar-refractivity contribution is -0.132. The second-order valence-corrected chi connectivity index (χ2v) is 7.94. The first kappa shape index (κ1) is 22.1. The van der Waals surface area contributed by atoms with E-state index in [2.05, 4.69) is 0 Å². The summed E-state index contributed by atoms with van der Waals surface area (Å²) in [4.78, 5) is 27.8. The van der Waals surface area contributed by atoms with E-state index >= 15 is 0 Å². The average Bonchev–Trinajstić information content (AvgIpc) is 3.09. The first-order chi connectivity index (χ1) is 15.9. The van der Waals surface area contributed by atoms with Crippen LogP contribution in [-0.4, -0.2) is 30.0 Å². The van der Waals surface area contributed by atoms with Gasteiger partial charge in [-0.3, -0.25) is 14.5 Å². The minimum absolute atomic E-state index is 0.00806. The Hall–Kier alpha value is -4.06. The predicted octanol–water partition coefficient (Wildman–Crippen LogP) is 5.11. The summed E-state index contributed by atoms with van der Waals surface area (Å²) in [6, 6.07) is 22.2. The number of amides is 1. The highest BCUT2D eigenvalue weighted by molar-refractivity contribution is 6.51. The Kier molecular flexibility index (Phi) is 6.18. The lowest BCUT2D eigenvalue weighted by Gasteiger charge is -2.26. The van der Waals surface area contributed by atoms with Gasteiger partial charge in [-0.15, -0.1) is 0 Å². The van der Waals surface area contributed by atoms with Crippen LogP contribution in [0.15, 0.2) is 84.4 Å². The van der Waals surface area contributed by atoms with E-state index in [9.17, 15) is 14.7 Å². The summed E-state index contributed by atoms with van der Waals surface area (Å²) in [6.45, 7) is 3.85. The molecule has 1 amide bonds. The zero-order chi connectivity index (χ0) is 23.5. The van der Waals surface area contributed by atoms with E-state index in [0.29, 0.717) is 28.3 Å². The number of aliphatic hydroxyl groups excluding tert-OH is 1. The second kappa shape index (κ2) is 9.20. The van der Waals surface area contributed by atoms with Crippen molar-refractivity contribution in [3.63, 3.8) is 0 Å². The van der Waals surface area contributed by atoms with Crippen molar-refractivity contribution in [2.75, 3.05) is 12.0 Å². The van der Waals surface area contributed by atoms with Gasteiger partial charge in [0.25, 0.3) is 11.7 Å². The predicted molar refractivity (Wildman–Crippen MR) is 126 cm³/mol. The first-order valence-corrected chi connectivity index (χ1v) is 10.7. The number of rotatable bonds is 6. The van der Waals surface area contributed by atoms with Crippen LogP contribution in [0.5, 0.6) is 11.5 Å². The molecule has 1 N–H and O–H groups in total. The standard InChI is InChI=1S/C27H25NO5/c1-17(2)33-20-15-13-19(14-16-20)25(29)23-24(18-9-5-4-6-10-18)28(27(31)26(23)30)21-11-7-8-12-22(21)32-3/h4-17,24,29H,1-3H3/b25-23+. The van der Waals surface area contributed by atoms with E-state index in [1.807, 2.05) is 44.2 Å². The fourth-order valence-corrected chi connectivity index (χ4v) is 3.98. The molecule has 1 heterocycles. The third-order valence-electron chi connectivity index (χ3n) is 5.40. The summed E-state index contributed by atoms with van der Waals surface area (Å²) in [5.41, 5.74) is 1.60. The van der Waals surface area contributed by atoms with Gasteiger partial charge in [0.15, 0.2) is 0 Å². The Bertz CT molecular complexity index is 1200. The maximum atomic E-state index is 13.2. The van der Waals surface area contributed by atoms with Crippen LogP contribution in [0.1, 0.15) is 31.0 Å². The summed E-state index contributed by atoms with van der Waals surface area (Å²) < 4.78 is 11.1. The van der Waals surface area contributed by atoms with Crippen molar-refractivity contribution in [2.24, 2.45) is 0 Å².